The Labute approximate surface area is 248 Å². The summed E-state index contributed by atoms with van der Waals surface area (Å²) in [6.45, 7) is 7.14. The molecule has 2 aromatic carbocycles. The quantitative estimate of drug-likeness (QED) is 0.169. The van der Waals surface area contributed by atoms with Crippen molar-refractivity contribution in [1.82, 2.24) is 9.71 Å². The van der Waals surface area contributed by atoms with Gasteiger partial charge in [0.15, 0.2) is 5.60 Å². The largest absolute Gasteiger partial charge is 0.421 e. The summed E-state index contributed by atoms with van der Waals surface area (Å²) in [5, 5.41) is 10.6. The number of fused-ring (bicyclic) bond motifs is 1. The molecule has 1 fully saturated rings. The molecule has 1 aliphatic carbocycles. The summed E-state index contributed by atoms with van der Waals surface area (Å²) in [5.41, 5.74) is 2.34. The molecule has 42 heavy (non-hydrogen) atoms. The minimum absolute atomic E-state index is 0.271. The number of pyridine rings is 1. The van der Waals surface area contributed by atoms with Crippen LogP contribution >= 0.6 is 11.3 Å². The molecule has 2 atom stereocenters. The number of aromatic nitrogens is 1. The zero-order valence-electron chi connectivity index (χ0n) is 23.6. The fourth-order valence-corrected chi connectivity index (χ4v) is 7.87. The number of alkyl halides is 3. The van der Waals surface area contributed by atoms with E-state index in [0.29, 0.717) is 18.4 Å². The standard InChI is InChI=1S/C31H31F3N2O3S2Si/c1-30(37,31(32,33)34)22-14-16-35-26(19-22)25-11-7-9-21-18-27(40-29(21)25)28(36-41(38,39)23-12-13-23)24-10-6-5-8-20(24)15-17-42(2,3)4/h5-11,14,16,18-19,23,28,36-37H,12-13H2,1-4H3/t28-,30-/m1/s1. The monoisotopic (exact) mass is 628 g/mol. The van der Waals surface area contributed by atoms with Crippen LogP contribution in [0, 0.1) is 11.5 Å². The number of nitrogens with one attached hydrogen (secondary N) is 1. The molecule has 0 radical (unpaired) electrons. The van der Waals surface area contributed by atoms with Gasteiger partial charge in [0.25, 0.3) is 0 Å². The first-order valence-electron chi connectivity index (χ1n) is 13.5. The van der Waals surface area contributed by atoms with Crippen molar-refractivity contribution in [2.75, 3.05) is 0 Å². The number of halogens is 3. The molecule has 0 amide bonds. The maximum atomic E-state index is 13.6. The molecular weight excluding hydrogens is 598 g/mol. The molecule has 1 saturated carbocycles. The maximum Gasteiger partial charge on any atom is 0.421 e. The van der Waals surface area contributed by atoms with E-state index in [9.17, 15) is 26.7 Å². The minimum atomic E-state index is -4.87. The first-order valence-corrected chi connectivity index (χ1v) is 19.3. The topological polar surface area (TPSA) is 79.3 Å². The van der Waals surface area contributed by atoms with Gasteiger partial charge < -0.3 is 5.11 Å². The van der Waals surface area contributed by atoms with E-state index in [1.54, 1.807) is 12.1 Å². The summed E-state index contributed by atoms with van der Waals surface area (Å²) in [6.07, 6.45) is -2.40. The van der Waals surface area contributed by atoms with E-state index in [-0.39, 0.29) is 11.3 Å². The number of aliphatic hydroxyl groups is 1. The van der Waals surface area contributed by atoms with Gasteiger partial charge in [0.2, 0.25) is 10.0 Å². The predicted octanol–water partition coefficient (Wildman–Crippen LogP) is 7.13. The summed E-state index contributed by atoms with van der Waals surface area (Å²) >= 11 is 1.35. The van der Waals surface area contributed by atoms with Crippen LogP contribution in [0.3, 0.4) is 0 Å². The average molecular weight is 629 g/mol. The van der Waals surface area contributed by atoms with Crippen LogP contribution in [0.25, 0.3) is 21.3 Å². The van der Waals surface area contributed by atoms with Gasteiger partial charge in [-0.15, -0.1) is 16.9 Å². The summed E-state index contributed by atoms with van der Waals surface area (Å²) in [7, 11) is -5.33. The fourth-order valence-electron chi connectivity index (χ4n) is 4.50. The number of hydrogen-bond donors (Lipinski definition) is 2. The number of sulfonamides is 1. The first kappa shape index (κ1) is 30.4. The van der Waals surface area contributed by atoms with Crippen molar-refractivity contribution < 1.29 is 26.7 Å². The van der Waals surface area contributed by atoms with Gasteiger partial charge >= 0.3 is 6.18 Å². The highest BCUT2D eigenvalue weighted by molar-refractivity contribution is 7.90. The van der Waals surface area contributed by atoms with Gasteiger partial charge in [-0.1, -0.05) is 62.0 Å². The smallest absolute Gasteiger partial charge is 0.376 e. The van der Waals surface area contributed by atoms with E-state index in [1.165, 1.54) is 23.6 Å². The van der Waals surface area contributed by atoms with E-state index in [2.05, 4.69) is 40.8 Å². The van der Waals surface area contributed by atoms with Gasteiger partial charge in [0.05, 0.1) is 17.0 Å². The lowest BCUT2D eigenvalue weighted by atomic mass is 9.94. The van der Waals surface area contributed by atoms with Crippen LogP contribution in [-0.2, 0) is 15.6 Å². The lowest BCUT2D eigenvalue weighted by Crippen LogP contribution is -2.39. The molecule has 5 rings (SSSR count). The van der Waals surface area contributed by atoms with Gasteiger partial charge in [-0.05, 0) is 60.5 Å². The summed E-state index contributed by atoms with van der Waals surface area (Å²) in [5.74, 6) is 3.29. The van der Waals surface area contributed by atoms with Gasteiger partial charge in [-0.25, -0.2) is 13.1 Å². The number of hydrogen-bond acceptors (Lipinski definition) is 5. The minimum Gasteiger partial charge on any atom is -0.376 e. The van der Waals surface area contributed by atoms with E-state index in [0.717, 1.165) is 39.1 Å². The van der Waals surface area contributed by atoms with Crippen LogP contribution < -0.4 is 4.72 Å². The highest BCUT2D eigenvalue weighted by Gasteiger charge is 2.51. The number of rotatable bonds is 7. The van der Waals surface area contributed by atoms with Gasteiger partial charge in [0.1, 0.15) is 8.07 Å². The SMILES string of the molecule is C[C@@](O)(c1ccnc(-c2cccc3cc([C@H](NS(=O)(=O)C4CC4)c4ccccc4C#C[Si](C)(C)C)sc23)c1)C(F)(F)F. The molecule has 0 aliphatic heterocycles. The van der Waals surface area contributed by atoms with E-state index < -0.39 is 41.2 Å². The molecule has 0 unspecified atom stereocenters. The molecule has 0 spiro atoms. The highest BCUT2D eigenvalue weighted by Crippen LogP contribution is 2.42. The molecule has 11 heteroatoms. The second kappa shape index (κ2) is 10.9. The Kier molecular flexibility index (Phi) is 7.92. The van der Waals surface area contributed by atoms with Crippen LogP contribution in [0.2, 0.25) is 19.6 Å². The van der Waals surface area contributed by atoms with E-state index in [4.69, 9.17) is 0 Å². The van der Waals surface area contributed by atoms with Crippen LogP contribution in [0.15, 0.2) is 66.9 Å². The van der Waals surface area contributed by atoms with Gasteiger partial charge in [-0.2, -0.15) is 13.2 Å². The van der Waals surface area contributed by atoms with Crippen molar-refractivity contribution in [3.8, 4) is 22.7 Å². The Morgan fingerprint density at radius 2 is 1.79 bits per heavy atom. The molecule has 220 valence electrons. The summed E-state index contributed by atoms with van der Waals surface area (Å²) < 4.78 is 70.9. The van der Waals surface area contributed by atoms with Crippen molar-refractivity contribution in [2.45, 2.75) is 62.5 Å². The third-order valence-electron chi connectivity index (χ3n) is 7.09. The zero-order chi connectivity index (χ0) is 30.5. The summed E-state index contributed by atoms with van der Waals surface area (Å²) in [4.78, 5) is 5.05. The fraction of sp³-hybridized carbons (Fsp3) is 0.323. The van der Waals surface area contributed by atoms with Gasteiger partial charge in [0, 0.05) is 26.9 Å². The lowest BCUT2D eigenvalue weighted by molar-refractivity contribution is -0.258. The Hall–Kier alpha value is -3.01. The molecular formula is C31H31F3N2O3S2Si. The predicted molar refractivity (Wildman–Crippen MR) is 164 cm³/mol. The van der Waals surface area contributed by atoms with Crippen LogP contribution in [0.4, 0.5) is 13.2 Å². The second-order valence-corrected chi connectivity index (χ2v) is 19.6. The molecule has 0 bridgehead atoms. The van der Waals surface area contributed by atoms with Gasteiger partial charge in [-0.3, -0.25) is 4.98 Å². The second-order valence-electron chi connectivity index (χ2n) is 11.8. The molecule has 2 heterocycles. The first-order chi connectivity index (χ1) is 19.6. The number of nitrogens with zero attached hydrogens (tertiary/aromatic N) is 1. The molecule has 5 nitrogen and oxygen atoms in total. The molecule has 0 saturated heterocycles. The Balaban J connectivity index is 1.65. The van der Waals surface area contributed by atoms with Crippen molar-refractivity contribution in [3.63, 3.8) is 0 Å². The lowest BCUT2D eigenvalue weighted by Gasteiger charge is -2.26. The van der Waals surface area contributed by atoms with Crippen molar-refractivity contribution in [3.05, 3.63) is 88.4 Å². The molecule has 2 aromatic heterocycles. The third-order valence-corrected chi connectivity index (χ3v) is 11.1. The summed E-state index contributed by atoms with van der Waals surface area (Å²) in [6, 6.07) is 16.5. The van der Waals surface area contributed by atoms with Crippen molar-refractivity contribution in [1.29, 1.82) is 0 Å². The van der Waals surface area contributed by atoms with E-state index in [1.807, 2.05) is 36.4 Å². The normalized spacial score (nSPS) is 16.5. The van der Waals surface area contributed by atoms with Crippen molar-refractivity contribution >= 4 is 39.5 Å². The highest BCUT2D eigenvalue weighted by atomic mass is 32.2. The Morgan fingerprint density at radius 3 is 2.45 bits per heavy atom. The Morgan fingerprint density at radius 1 is 1.07 bits per heavy atom. The van der Waals surface area contributed by atoms with Crippen molar-refractivity contribution in [2.24, 2.45) is 0 Å². The molecule has 4 aromatic rings. The number of thiophene rings is 1. The average Bonchev–Trinajstić information content (AvgIpc) is 3.69. The number of benzene rings is 2. The maximum absolute atomic E-state index is 13.6. The Bertz CT molecular complexity index is 1810. The van der Waals surface area contributed by atoms with Crippen LogP contribution in [0.5, 0.6) is 0 Å². The molecule has 1 aliphatic rings. The third kappa shape index (κ3) is 6.33. The zero-order valence-corrected chi connectivity index (χ0v) is 26.2. The van der Waals surface area contributed by atoms with E-state index >= 15 is 0 Å². The van der Waals surface area contributed by atoms with Crippen LogP contribution in [0.1, 0.15) is 47.4 Å². The van der Waals surface area contributed by atoms with Crippen LogP contribution in [-0.4, -0.2) is 38.0 Å². The molecule has 2 N–H and O–H groups in total.